The first-order valence-electron chi connectivity index (χ1n) is 9.53. The number of rotatable bonds is 5. The zero-order valence-corrected chi connectivity index (χ0v) is 16.4. The zero-order valence-electron chi connectivity index (χ0n) is 16.4. The van der Waals surface area contributed by atoms with Gasteiger partial charge in [-0.15, -0.1) is 0 Å². The summed E-state index contributed by atoms with van der Waals surface area (Å²) in [6, 6.07) is 15.6. The molecule has 0 aliphatic carbocycles. The molecule has 1 aliphatic rings. The Bertz CT molecular complexity index is 853. The van der Waals surface area contributed by atoms with E-state index in [0.717, 1.165) is 22.4 Å². The fraction of sp³-hybridized carbons (Fsp3) is 0.304. The van der Waals surface area contributed by atoms with E-state index in [2.05, 4.69) is 0 Å². The van der Waals surface area contributed by atoms with Crippen LogP contribution in [0.4, 0.5) is 0 Å². The minimum Gasteiger partial charge on any atom is -0.483 e. The van der Waals surface area contributed by atoms with E-state index in [1.54, 1.807) is 15.9 Å². The lowest BCUT2D eigenvalue weighted by Crippen LogP contribution is -2.51. The van der Waals surface area contributed by atoms with Crippen molar-refractivity contribution in [2.75, 3.05) is 32.8 Å². The van der Waals surface area contributed by atoms with Crippen molar-refractivity contribution >= 4 is 17.9 Å². The number of hydrogen-bond donors (Lipinski definition) is 0. The molecule has 28 heavy (non-hydrogen) atoms. The van der Waals surface area contributed by atoms with Crippen LogP contribution in [-0.2, 0) is 9.59 Å². The molecule has 1 heterocycles. The van der Waals surface area contributed by atoms with Crippen molar-refractivity contribution in [1.29, 1.82) is 0 Å². The summed E-state index contributed by atoms with van der Waals surface area (Å²) in [7, 11) is 0. The van der Waals surface area contributed by atoms with E-state index in [0.29, 0.717) is 26.2 Å². The van der Waals surface area contributed by atoms with Crippen LogP contribution in [0.1, 0.15) is 16.7 Å². The summed E-state index contributed by atoms with van der Waals surface area (Å²) in [5.41, 5.74) is 3.19. The molecule has 3 rings (SSSR count). The fourth-order valence-electron chi connectivity index (χ4n) is 3.12. The van der Waals surface area contributed by atoms with Gasteiger partial charge in [0.1, 0.15) is 5.75 Å². The number of amides is 2. The van der Waals surface area contributed by atoms with Gasteiger partial charge in [-0.1, -0.05) is 42.5 Å². The second kappa shape index (κ2) is 9.22. The maximum absolute atomic E-state index is 12.4. The van der Waals surface area contributed by atoms with Gasteiger partial charge in [-0.05, 0) is 42.7 Å². The monoisotopic (exact) mass is 378 g/mol. The number of aryl methyl sites for hydroxylation is 1. The summed E-state index contributed by atoms with van der Waals surface area (Å²) in [5, 5.41) is 0. The van der Waals surface area contributed by atoms with Crippen LogP contribution in [0, 0.1) is 13.8 Å². The summed E-state index contributed by atoms with van der Waals surface area (Å²) in [4.78, 5) is 28.3. The molecule has 0 N–H and O–H groups in total. The largest absolute Gasteiger partial charge is 0.483 e. The van der Waals surface area contributed by atoms with Gasteiger partial charge in [-0.2, -0.15) is 0 Å². The van der Waals surface area contributed by atoms with Crippen LogP contribution in [0.5, 0.6) is 5.75 Å². The highest BCUT2D eigenvalue weighted by atomic mass is 16.5. The van der Waals surface area contributed by atoms with Crippen LogP contribution in [0.25, 0.3) is 6.08 Å². The van der Waals surface area contributed by atoms with Gasteiger partial charge in [-0.25, -0.2) is 0 Å². The molecule has 1 aliphatic heterocycles. The van der Waals surface area contributed by atoms with E-state index in [1.807, 2.05) is 68.5 Å². The minimum absolute atomic E-state index is 0.0200. The fourth-order valence-corrected chi connectivity index (χ4v) is 3.12. The van der Waals surface area contributed by atoms with Crippen molar-refractivity contribution in [3.63, 3.8) is 0 Å². The lowest BCUT2D eigenvalue weighted by Gasteiger charge is -2.34. The van der Waals surface area contributed by atoms with Crippen molar-refractivity contribution in [2.24, 2.45) is 0 Å². The first-order valence-corrected chi connectivity index (χ1v) is 9.53. The number of carbonyl (C=O) groups excluding carboxylic acids is 2. The molecule has 2 aromatic carbocycles. The van der Waals surface area contributed by atoms with Crippen molar-refractivity contribution < 1.29 is 14.3 Å². The Kier molecular flexibility index (Phi) is 6.48. The Morgan fingerprint density at radius 1 is 0.929 bits per heavy atom. The van der Waals surface area contributed by atoms with Crippen LogP contribution in [0.2, 0.25) is 0 Å². The predicted octanol–water partition coefficient (Wildman–Crippen LogP) is 3.07. The molecule has 1 fully saturated rings. The molecule has 0 aromatic heterocycles. The number of carbonyl (C=O) groups is 2. The van der Waals surface area contributed by atoms with Crippen LogP contribution in [-0.4, -0.2) is 54.4 Å². The first-order chi connectivity index (χ1) is 13.5. The Morgan fingerprint density at radius 2 is 1.61 bits per heavy atom. The zero-order chi connectivity index (χ0) is 19.9. The SMILES string of the molecule is Cc1cccc(OCC(=O)N2CCN(C(=O)/C=C/c3ccccc3)CC2)c1C. The van der Waals surface area contributed by atoms with Gasteiger partial charge in [0.05, 0.1) is 0 Å². The normalized spacial score (nSPS) is 14.4. The molecule has 0 bridgehead atoms. The summed E-state index contributed by atoms with van der Waals surface area (Å²) >= 11 is 0. The molecule has 0 radical (unpaired) electrons. The third kappa shape index (κ3) is 5.00. The topological polar surface area (TPSA) is 49.9 Å². The van der Waals surface area contributed by atoms with Crippen molar-refractivity contribution in [2.45, 2.75) is 13.8 Å². The molecule has 0 atom stereocenters. The second-order valence-corrected chi connectivity index (χ2v) is 6.94. The van der Waals surface area contributed by atoms with Gasteiger partial charge in [0, 0.05) is 32.3 Å². The molecule has 1 saturated heterocycles. The van der Waals surface area contributed by atoms with Crippen LogP contribution >= 0.6 is 0 Å². The predicted molar refractivity (Wildman–Crippen MR) is 110 cm³/mol. The summed E-state index contributed by atoms with van der Waals surface area (Å²) < 4.78 is 5.71. The van der Waals surface area contributed by atoms with Gasteiger partial charge in [-0.3, -0.25) is 9.59 Å². The Hall–Kier alpha value is -3.08. The highest BCUT2D eigenvalue weighted by Gasteiger charge is 2.23. The minimum atomic E-state index is -0.0483. The molecule has 0 saturated carbocycles. The number of nitrogens with zero attached hydrogens (tertiary/aromatic N) is 2. The third-order valence-corrected chi connectivity index (χ3v) is 5.07. The van der Waals surface area contributed by atoms with Gasteiger partial charge in [0.2, 0.25) is 5.91 Å². The van der Waals surface area contributed by atoms with Gasteiger partial charge >= 0.3 is 0 Å². The third-order valence-electron chi connectivity index (χ3n) is 5.07. The van der Waals surface area contributed by atoms with Crippen LogP contribution in [0.15, 0.2) is 54.6 Å². The van der Waals surface area contributed by atoms with Crippen LogP contribution < -0.4 is 4.74 Å². The standard InChI is InChI=1S/C23H26N2O3/c1-18-7-6-10-21(19(18)2)28-17-23(27)25-15-13-24(14-16-25)22(26)12-11-20-8-4-3-5-9-20/h3-12H,13-17H2,1-2H3/b12-11+. The molecular weight excluding hydrogens is 352 g/mol. The Morgan fingerprint density at radius 3 is 2.32 bits per heavy atom. The van der Waals surface area contributed by atoms with Gasteiger partial charge < -0.3 is 14.5 Å². The molecule has 2 amide bonds. The number of hydrogen-bond acceptors (Lipinski definition) is 3. The molecule has 146 valence electrons. The maximum Gasteiger partial charge on any atom is 0.260 e. The Labute approximate surface area is 166 Å². The number of ether oxygens (including phenoxy) is 1. The molecule has 5 heteroatoms. The van der Waals surface area contributed by atoms with Crippen molar-refractivity contribution in [3.05, 3.63) is 71.3 Å². The first kappa shape index (κ1) is 19.7. The van der Waals surface area contributed by atoms with E-state index in [9.17, 15) is 9.59 Å². The van der Waals surface area contributed by atoms with E-state index in [1.165, 1.54) is 0 Å². The van der Waals surface area contributed by atoms with E-state index >= 15 is 0 Å². The molecule has 0 unspecified atom stereocenters. The lowest BCUT2D eigenvalue weighted by molar-refractivity contribution is -0.138. The average Bonchev–Trinajstić information content (AvgIpc) is 2.73. The second-order valence-electron chi connectivity index (χ2n) is 6.94. The van der Waals surface area contributed by atoms with Gasteiger partial charge in [0.15, 0.2) is 6.61 Å². The molecule has 2 aromatic rings. The number of benzene rings is 2. The summed E-state index contributed by atoms with van der Waals surface area (Å²) in [6.07, 6.45) is 3.41. The number of piperazine rings is 1. The molecular formula is C23H26N2O3. The van der Waals surface area contributed by atoms with Crippen molar-refractivity contribution in [3.8, 4) is 5.75 Å². The highest BCUT2D eigenvalue weighted by Crippen LogP contribution is 2.20. The average molecular weight is 378 g/mol. The lowest BCUT2D eigenvalue weighted by atomic mass is 10.1. The Balaban J connectivity index is 1.46. The quantitative estimate of drug-likeness (QED) is 0.752. The van der Waals surface area contributed by atoms with E-state index in [4.69, 9.17) is 4.74 Å². The maximum atomic E-state index is 12.4. The molecule has 0 spiro atoms. The highest BCUT2D eigenvalue weighted by molar-refractivity contribution is 5.92. The smallest absolute Gasteiger partial charge is 0.260 e. The van der Waals surface area contributed by atoms with Crippen LogP contribution in [0.3, 0.4) is 0 Å². The van der Waals surface area contributed by atoms with E-state index in [-0.39, 0.29) is 18.4 Å². The van der Waals surface area contributed by atoms with E-state index < -0.39 is 0 Å². The summed E-state index contributed by atoms with van der Waals surface area (Å²) in [5.74, 6) is 0.670. The molecule has 5 nitrogen and oxygen atoms in total. The van der Waals surface area contributed by atoms with Crippen molar-refractivity contribution in [1.82, 2.24) is 9.80 Å². The van der Waals surface area contributed by atoms with Gasteiger partial charge in [0.25, 0.3) is 5.91 Å². The summed E-state index contributed by atoms with van der Waals surface area (Å²) in [6.45, 7) is 6.15.